The van der Waals surface area contributed by atoms with E-state index >= 15 is 0 Å². The second-order valence-electron chi connectivity index (χ2n) is 9.99. The summed E-state index contributed by atoms with van der Waals surface area (Å²) in [6.07, 6.45) is 4.15. The van der Waals surface area contributed by atoms with Gasteiger partial charge in [0.15, 0.2) is 0 Å². The zero-order chi connectivity index (χ0) is 27.1. The zero-order valence-corrected chi connectivity index (χ0v) is 23.4. The molecule has 196 valence electrons. The van der Waals surface area contributed by atoms with E-state index in [0.29, 0.717) is 6.54 Å². The van der Waals surface area contributed by atoms with Crippen LogP contribution in [0.2, 0.25) is 0 Å². The van der Waals surface area contributed by atoms with Crippen LogP contribution >= 0.6 is 11.8 Å². The van der Waals surface area contributed by atoms with Crippen molar-refractivity contribution in [3.63, 3.8) is 0 Å². The van der Waals surface area contributed by atoms with E-state index in [2.05, 4.69) is 70.9 Å². The maximum Gasteiger partial charge on any atom is 0.322 e. The van der Waals surface area contributed by atoms with Crippen molar-refractivity contribution in [3.05, 3.63) is 125 Å². The normalized spacial score (nSPS) is 14.5. The standard InChI is InChI=1S/C32H31N5OS/c1-21-12-13-22(2)28(19-21)33-32(38)36-20-27-23(3)34-37(25-9-6-5-7-10-25)31(27)35-18-8-11-29(35)30(36)24-14-16-26(39-4)17-15-24/h5-19,30H,20H2,1-4H3,(H,33,38). The highest BCUT2D eigenvalue weighted by Gasteiger charge is 2.36. The molecule has 0 bridgehead atoms. The summed E-state index contributed by atoms with van der Waals surface area (Å²) in [5, 5.41) is 8.17. The van der Waals surface area contributed by atoms with Crippen molar-refractivity contribution >= 4 is 23.5 Å². The van der Waals surface area contributed by atoms with E-state index in [4.69, 9.17) is 5.10 Å². The Kier molecular flexibility index (Phi) is 6.53. The topological polar surface area (TPSA) is 55.1 Å². The minimum atomic E-state index is -0.294. The molecule has 0 spiro atoms. The third-order valence-electron chi connectivity index (χ3n) is 7.41. The Morgan fingerprint density at radius 3 is 2.46 bits per heavy atom. The van der Waals surface area contributed by atoms with Gasteiger partial charge in [-0.15, -0.1) is 11.8 Å². The number of amides is 2. The van der Waals surface area contributed by atoms with Gasteiger partial charge in [-0.05, 0) is 86.2 Å². The van der Waals surface area contributed by atoms with Crippen LogP contribution in [0.4, 0.5) is 10.5 Å². The number of hydrogen-bond acceptors (Lipinski definition) is 3. The van der Waals surface area contributed by atoms with Gasteiger partial charge in [0.2, 0.25) is 0 Å². The average molecular weight is 534 g/mol. The van der Waals surface area contributed by atoms with Gasteiger partial charge in [0, 0.05) is 22.3 Å². The summed E-state index contributed by atoms with van der Waals surface area (Å²) in [5.74, 6) is 0.964. The molecule has 2 aromatic heterocycles. The Hall–Kier alpha value is -4.23. The molecule has 0 saturated heterocycles. The lowest BCUT2D eigenvalue weighted by Gasteiger charge is -2.31. The second-order valence-corrected chi connectivity index (χ2v) is 10.9. The first-order valence-electron chi connectivity index (χ1n) is 13.0. The molecule has 0 saturated carbocycles. The molecule has 7 heteroatoms. The number of nitrogens with zero attached hydrogens (tertiary/aromatic N) is 4. The smallest absolute Gasteiger partial charge is 0.308 e. The van der Waals surface area contributed by atoms with Crippen molar-refractivity contribution in [2.24, 2.45) is 0 Å². The van der Waals surface area contributed by atoms with E-state index in [9.17, 15) is 4.79 Å². The molecule has 0 fully saturated rings. The largest absolute Gasteiger partial charge is 0.322 e. The van der Waals surface area contributed by atoms with Crippen molar-refractivity contribution in [1.82, 2.24) is 19.2 Å². The first-order chi connectivity index (χ1) is 18.9. The fraction of sp³-hybridized carbons (Fsp3) is 0.188. The molecule has 1 aliphatic heterocycles. The Morgan fingerprint density at radius 1 is 0.949 bits per heavy atom. The van der Waals surface area contributed by atoms with Gasteiger partial charge >= 0.3 is 6.03 Å². The first kappa shape index (κ1) is 25.1. The molecular formula is C32H31N5OS. The number of aromatic nitrogens is 3. The number of para-hydroxylation sites is 1. The maximum absolute atomic E-state index is 14.2. The summed E-state index contributed by atoms with van der Waals surface area (Å²) in [4.78, 5) is 17.3. The fourth-order valence-electron chi connectivity index (χ4n) is 5.34. The lowest BCUT2D eigenvalue weighted by Crippen LogP contribution is -2.38. The van der Waals surface area contributed by atoms with Gasteiger partial charge in [-0.3, -0.25) is 0 Å². The number of anilines is 1. The van der Waals surface area contributed by atoms with Crippen LogP contribution in [0.25, 0.3) is 11.5 Å². The molecule has 6 nitrogen and oxygen atoms in total. The zero-order valence-electron chi connectivity index (χ0n) is 22.6. The maximum atomic E-state index is 14.2. The van der Waals surface area contributed by atoms with E-state index in [-0.39, 0.29) is 12.1 Å². The Balaban J connectivity index is 1.53. The Labute approximate surface area is 233 Å². The van der Waals surface area contributed by atoms with Crippen molar-refractivity contribution in [2.45, 2.75) is 38.3 Å². The molecule has 0 aliphatic carbocycles. The van der Waals surface area contributed by atoms with Gasteiger partial charge in [-0.2, -0.15) is 5.10 Å². The SMILES string of the molecule is CSc1ccc(C2c3cccn3-c3c(c(C)nn3-c3ccccc3)CN2C(=O)Nc2cc(C)ccc2C)cc1. The van der Waals surface area contributed by atoms with Crippen LogP contribution < -0.4 is 5.32 Å². The molecule has 2 amide bonds. The number of hydrogen-bond donors (Lipinski definition) is 1. The van der Waals surface area contributed by atoms with Crippen LogP contribution in [0.3, 0.4) is 0 Å². The van der Waals surface area contributed by atoms with Crippen LogP contribution in [-0.4, -0.2) is 31.5 Å². The van der Waals surface area contributed by atoms with Crippen LogP contribution in [0.1, 0.15) is 39.7 Å². The number of rotatable bonds is 4. The molecule has 5 aromatic rings. The summed E-state index contributed by atoms with van der Waals surface area (Å²) < 4.78 is 4.19. The lowest BCUT2D eigenvalue weighted by atomic mass is 10.0. The first-order valence-corrected chi connectivity index (χ1v) is 14.3. The second kappa shape index (κ2) is 10.2. The number of aryl methyl sites for hydroxylation is 3. The molecule has 1 N–H and O–H groups in total. The van der Waals surface area contributed by atoms with Gasteiger partial charge in [0.05, 0.1) is 29.7 Å². The average Bonchev–Trinajstić information content (AvgIpc) is 3.51. The molecule has 3 aromatic carbocycles. The molecule has 0 radical (unpaired) electrons. The molecule has 3 heterocycles. The van der Waals surface area contributed by atoms with Crippen molar-refractivity contribution < 1.29 is 4.79 Å². The van der Waals surface area contributed by atoms with Gasteiger partial charge in [-0.25, -0.2) is 9.48 Å². The summed E-state index contributed by atoms with van der Waals surface area (Å²) >= 11 is 1.71. The minimum absolute atomic E-state index is 0.143. The predicted molar refractivity (Wildman–Crippen MR) is 158 cm³/mol. The fourth-order valence-corrected chi connectivity index (χ4v) is 5.75. The summed E-state index contributed by atoms with van der Waals surface area (Å²) in [6, 6.07) is 28.6. The summed E-state index contributed by atoms with van der Waals surface area (Å²) in [5.41, 5.74) is 7.94. The van der Waals surface area contributed by atoms with Gasteiger partial charge < -0.3 is 14.8 Å². The quantitative estimate of drug-likeness (QED) is 0.244. The lowest BCUT2D eigenvalue weighted by molar-refractivity contribution is 0.194. The number of nitrogens with one attached hydrogen (secondary N) is 1. The van der Waals surface area contributed by atoms with Crippen LogP contribution in [-0.2, 0) is 6.54 Å². The van der Waals surface area contributed by atoms with Crippen LogP contribution in [0.15, 0.2) is 96.0 Å². The van der Waals surface area contributed by atoms with Crippen molar-refractivity contribution in [2.75, 3.05) is 11.6 Å². The predicted octanol–water partition coefficient (Wildman–Crippen LogP) is 7.45. The van der Waals surface area contributed by atoms with Gasteiger partial charge in [0.1, 0.15) is 5.82 Å². The number of thioether (sulfide) groups is 1. The van der Waals surface area contributed by atoms with E-state index in [0.717, 1.165) is 50.8 Å². The summed E-state index contributed by atoms with van der Waals surface area (Å²) in [6.45, 7) is 6.50. The molecule has 6 rings (SSSR count). The van der Waals surface area contributed by atoms with E-state index in [1.165, 1.54) is 4.90 Å². The van der Waals surface area contributed by atoms with Crippen molar-refractivity contribution in [3.8, 4) is 11.5 Å². The van der Waals surface area contributed by atoms with E-state index in [1.54, 1.807) is 11.8 Å². The van der Waals surface area contributed by atoms with Crippen LogP contribution in [0.5, 0.6) is 0 Å². The highest BCUT2D eigenvalue weighted by molar-refractivity contribution is 7.98. The number of benzene rings is 3. The molecule has 39 heavy (non-hydrogen) atoms. The molecular weight excluding hydrogens is 502 g/mol. The third-order valence-corrected chi connectivity index (χ3v) is 8.16. The van der Waals surface area contributed by atoms with E-state index < -0.39 is 0 Å². The number of carbonyl (C=O) groups excluding carboxylic acids is 1. The van der Waals surface area contributed by atoms with E-state index in [1.807, 2.05) is 66.8 Å². The number of urea groups is 1. The third kappa shape index (κ3) is 4.53. The number of fused-ring (bicyclic) bond motifs is 3. The highest BCUT2D eigenvalue weighted by atomic mass is 32.2. The minimum Gasteiger partial charge on any atom is -0.308 e. The van der Waals surface area contributed by atoms with Crippen LogP contribution in [0, 0.1) is 20.8 Å². The molecule has 1 aliphatic rings. The van der Waals surface area contributed by atoms with Gasteiger partial charge in [0.25, 0.3) is 0 Å². The monoisotopic (exact) mass is 533 g/mol. The molecule has 1 atom stereocenters. The molecule has 1 unspecified atom stereocenters. The van der Waals surface area contributed by atoms with Crippen molar-refractivity contribution in [1.29, 1.82) is 0 Å². The highest BCUT2D eigenvalue weighted by Crippen LogP contribution is 2.39. The Morgan fingerprint density at radius 2 is 1.72 bits per heavy atom. The Bertz CT molecular complexity index is 1650. The van der Waals surface area contributed by atoms with Gasteiger partial charge in [-0.1, -0.05) is 42.5 Å². The summed E-state index contributed by atoms with van der Waals surface area (Å²) in [7, 11) is 0. The number of carbonyl (C=O) groups is 1.